The first-order valence-corrected chi connectivity index (χ1v) is 8.75. The Bertz CT molecular complexity index is 936. The van der Waals surface area contributed by atoms with Crippen molar-refractivity contribution in [2.75, 3.05) is 4.90 Å². The van der Waals surface area contributed by atoms with E-state index in [0.717, 1.165) is 6.07 Å². The summed E-state index contributed by atoms with van der Waals surface area (Å²) in [6, 6.07) is 7.95. The van der Waals surface area contributed by atoms with E-state index < -0.39 is 31.6 Å². The largest absolute Gasteiger partial charge is 0.268 e. The Hall–Kier alpha value is -2.25. The number of benzene rings is 2. The fraction of sp³-hybridized carbons (Fsp3) is 0.0667. The summed E-state index contributed by atoms with van der Waals surface area (Å²) in [7, 11) is 1.10. The van der Waals surface area contributed by atoms with Gasteiger partial charge in [-0.3, -0.25) is 9.59 Å². The molecular weight excluding hydrogens is 345 g/mol. The Kier molecular flexibility index (Phi) is 3.50. The number of anilines is 1. The van der Waals surface area contributed by atoms with Crippen LogP contribution in [-0.4, -0.2) is 20.2 Å². The number of aryl methyl sites for hydroxylation is 1. The third-order valence-electron chi connectivity index (χ3n) is 3.54. The lowest BCUT2D eigenvalue weighted by Gasteiger charge is -2.16. The van der Waals surface area contributed by atoms with Gasteiger partial charge in [0, 0.05) is 10.7 Å². The minimum absolute atomic E-state index is 0.132. The molecule has 5 nitrogen and oxygen atoms in total. The molecule has 1 heterocycles. The summed E-state index contributed by atoms with van der Waals surface area (Å²) in [5.74, 6) is -2.35. The molecule has 0 saturated heterocycles. The highest BCUT2D eigenvalue weighted by atomic mass is 35.7. The molecule has 2 amide bonds. The molecule has 0 radical (unpaired) electrons. The fourth-order valence-corrected chi connectivity index (χ4v) is 3.68. The maximum Gasteiger partial charge on any atom is 0.266 e. The third-order valence-corrected chi connectivity index (χ3v) is 5.01. The van der Waals surface area contributed by atoms with Crippen LogP contribution < -0.4 is 4.90 Å². The SMILES string of the molecule is Cc1cc(N2C(=O)c3ccccc3C2=O)c(F)cc1S(=O)(=O)Cl. The van der Waals surface area contributed by atoms with Gasteiger partial charge in [0.05, 0.1) is 21.7 Å². The Labute approximate surface area is 135 Å². The van der Waals surface area contributed by atoms with Crippen LogP contribution in [0.15, 0.2) is 41.3 Å². The highest BCUT2D eigenvalue weighted by Gasteiger charge is 2.38. The van der Waals surface area contributed by atoms with Crippen LogP contribution >= 0.6 is 10.7 Å². The van der Waals surface area contributed by atoms with Crippen LogP contribution in [0.25, 0.3) is 0 Å². The lowest BCUT2D eigenvalue weighted by Crippen LogP contribution is -2.30. The van der Waals surface area contributed by atoms with Crippen LogP contribution in [0, 0.1) is 12.7 Å². The molecule has 0 fully saturated rings. The Balaban J connectivity index is 2.17. The molecule has 0 aromatic heterocycles. The van der Waals surface area contributed by atoms with Gasteiger partial charge < -0.3 is 0 Å². The van der Waals surface area contributed by atoms with Crippen LogP contribution in [0.5, 0.6) is 0 Å². The lowest BCUT2D eigenvalue weighted by atomic mass is 10.1. The fourth-order valence-electron chi connectivity index (χ4n) is 2.49. The number of nitrogens with zero attached hydrogens (tertiary/aromatic N) is 1. The van der Waals surface area contributed by atoms with E-state index in [1.807, 2.05) is 0 Å². The van der Waals surface area contributed by atoms with Crippen LogP contribution in [0.2, 0.25) is 0 Å². The minimum Gasteiger partial charge on any atom is -0.268 e. The predicted octanol–water partition coefficient (Wildman–Crippen LogP) is 2.86. The Morgan fingerprint density at radius 3 is 2.04 bits per heavy atom. The number of hydrogen-bond acceptors (Lipinski definition) is 4. The highest BCUT2D eigenvalue weighted by molar-refractivity contribution is 8.13. The average molecular weight is 354 g/mol. The number of rotatable bonds is 2. The molecule has 23 heavy (non-hydrogen) atoms. The molecule has 2 aromatic carbocycles. The molecule has 0 aliphatic carbocycles. The molecule has 0 atom stereocenters. The van der Waals surface area contributed by atoms with Crippen LogP contribution in [0.3, 0.4) is 0 Å². The van der Waals surface area contributed by atoms with Crippen molar-refractivity contribution in [1.29, 1.82) is 0 Å². The van der Waals surface area contributed by atoms with E-state index in [1.54, 1.807) is 12.1 Å². The van der Waals surface area contributed by atoms with Crippen molar-refractivity contribution >= 4 is 37.2 Å². The second kappa shape index (κ2) is 5.14. The molecule has 0 saturated carbocycles. The summed E-state index contributed by atoms with van der Waals surface area (Å²) >= 11 is 0. The van der Waals surface area contributed by atoms with Gasteiger partial charge in [-0.05, 0) is 36.8 Å². The van der Waals surface area contributed by atoms with E-state index in [4.69, 9.17) is 10.7 Å². The van der Waals surface area contributed by atoms with E-state index in [2.05, 4.69) is 0 Å². The molecule has 2 aromatic rings. The van der Waals surface area contributed by atoms with E-state index in [-0.39, 0.29) is 22.4 Å². The Morgan fingerprint density at radius 1 is 1.04 bits per heavy atom. The highest BCUT2D eigenvalue weighted by Crippen LogP contribution is 2.33. The summed E-state index contributed by atoms with van der Waals surface area (Å²) in [6.45, 7) is 1.40. The molecule has 8 heteroatoms. The molecule has 3 rings (SSSR count). The maximum absolute atomic E-state index is 14.3. The van der Waals surface area contributed by atoms with Gasteiger partial charge in [-0.15, -0.1) is 0 Å². The zero-order valence-electron chi connectivity index (χ0n) is 11.7. The topological polar surface area (TPSA) is 71.5 Å². The smallest absolute Gasteiger partial charge is 0.266 e. The third kappa shape index (κ3) is 2.42. The summed E-state index contributed by atoms with van der Waals surface area (Å²) < 4.78 is 37.1. The zero-order valence-corrected chi connectivity index (χ0v) is 13.3. The average Bonchev–Trinajstić information content (AvgIpc) is 2.73. The summed E-state index contributed by atoms with van der Waals surface area (Å²) in [6.07, 6.45) is 0. The van der Waals surface area contributed by atoms with Gasteiger partial charge >= 0.3 is 0 Å². The molecule has 0 unspecified atom stereocenters. The maximum atomic E-state index is 14.3. The predicted molar refractivity (Wildman–Crippen MR) is 81.8 cm³/mol. The standard InChI is InChI=1S/C15H9ClFNO4S/c1-8-6-12(11(17)7-13(8)23(16,21)22)18-14(19)9-4-2-3-5-10(9)15(18)20/h2-7H,1H3. The molecule has 0 spiro atoms. The van der Waals surface area contributed by atoms with Gasteiger partial charge in [-0.2, -0.15) is 0 Å². The van der Waals surface area contributed by atoms with Crippen molar-refractivity contribution in [2.24, 2.45) is 0 Å². The van der Waals surface area contributed by atoms with Crippen molar-refractivity contribution in [3.63, 3.8) is 0 Å². The summed E-state index contributed by atoms with van der Waals surface area (Å²) in [5.41, 5.74) is 0.165. The van der Waals surface area contributed by atoms with Crippen molar-refractivity contribution in [2.45, 2.75) is 11.8 Å². The van der Waals surface area contributed by atoms with E-state index in [0.29, 0.717) is 11.0 Å². The number of fused-ring (bicyclic) bond motifs is 1. The first-order valence-electron chi connectivity index (χ1n) is 6.44. The zero-order chi connectivity index (χ0) is 16.9. The number of amides is 2. The number of imide groups is 1. The number of hydrogen-bond donors (Lipinski definition) is 0. The van der Waals surface area contributed by atoms with Gasteiger partial charge in [0.15, 0.2) is 0 Å². The van der Waals surface area contributed by atoms with Gasteiger partial charge in [-0.1, -0.05) is 12.1 Å². The van der Waals surface area contributed by atoms with E-state index in [9.17, 15) is 22.4 Å². The number of carbonyl (C=O) groups is 2. The monoisotopic (exact) mass is 353 g/mol. The normalized spacial score (nSPS) is 14.3. The second-order valence-electron chi connectivity index (χ2n) is 5.00. The number of halogens is 2. The van der Waals surface area contributed by atoms with Gasteiger partial charge in [-0.25, -0.2) is 17.7 Å². The van der Waals surface area contributed by atoms with Gasteiger partial charge in [0.1, 0.15) is 5.82 Å². The van der Waals surface area contributed by atoms with Gasteiger partial charge in [0.2, 0.25) is 0 Å². The van der Waals surface area contributed by atoms with Crippen LogP contribution in [-0.2, 0) is 9.05 Å². The molecule has 118 valence electrons. The second-order valence-corrected chi connectivity index (χ2v) is 7.53. The molecule has 1 aliphatic heterocycles. The molecule has 0 N–H and O–H groups in total. The quantitative estimate of drug-likeness (QED) is 0.615. The lowest BCUT2D eigenvalue weighted by molar-refractivity contribution is 0.0925. The Morgan fingerprint density at radius 2 is 1.57 bits per heavy atom. The van der Waals surface area contributed by atoms with Crippen molar-refractivity contribution in [1.82, 2.24) is 0 Å². The van der Waals surface area contributed by atoms with E-state index in [1.165, 1.54) is 19.1 Å². The van der Waals surface area contributed by atoms with Gasteiger partial charge in [0.25, 0.3) is 20.9 Å². The summed E-state index contributed by atoms with van der Waals surface area (Å²) in [4.78, 5) is 25.0. The van der Waals surface area contributed by atoms with Crippen molar-refractivity contribution in [3.8, 4) is 0 Å². The molecular formula is C15H9ClFNO4S. The van der Waals surface area contributed by atoms with Crippen molar-refractivity contribution in [3.05, 3.63) is 58.9 Å². The first kappa shape index (κ1) is 15.6. The van der Waals surface area contributed by atoms with E-state index >= 15 is 0 Å². The molecule has 1 aliphatic rings. The van der Waals surface area contributed by atoms with Crippen LogP contribution in [0.1, 0.15) is 26.3 Å². The molecule has 0 bridgehead atoms. The van der Waals surface area contributed by atoms with Crippen LogP contribution in [0.4, 0.5) is 10.1 Å². The van der Waals surface area contributed by atoms with Crippen molar-refractivity contribution < 1.29 is 22.4 Å². The summed E-state index contributed by atoms with van der Waals surface area (Å²) in [5, 5.41) is 0. The number of carbonyl (C=O) groups excluding carboxylic acids is 2. The minimum atomic E-state index is -4.13. The first-order chi connectivity index (χ1) is 10.7.